The highest BCUT2D eigenvalue weighted by atomic mass is 19.3. The van der Waals surface area contributed by atoms with E-state index in [4.69, 9.17) is 5.11 Å². The smallest absolute Gasteiger partial charge is 0.303 e. The second-order valence-corrected chi connectivity index (χ2v) is 7.76. The van der Waals surface area contributed by atoms with Crippen molar-refractivity contribution in [1.82, 2.24) is 0 Å². The maximum atomic E-state index is 13.9. The molecule has 0 bridgehead atoms. The maximum Gasteiger partial charge on any atom is 0.303 e. The first-order chi connectivity index (χ1) is 11.9. The van der Waals surface area contributed by atoms with Gasteiger partial charge in [-0.1, -0.05) is 58.3 Å². The molecule has 3 nitrogen and oxygen atoms in total. The molecule has 0 amide bonds. The summed E-state index contributed by atoms with van der Waals surface area (Å²) in [5.41, 5.74) is 0. The van der Waals surface area contributed by atoms with E-state index >= 15 is 0 Å². The van der Waals surface area contributed by atoms with Gasteiger partial charge in [0.1, 0.15) is 6.10 Å². The van der Waals surface area contributed by atoms with Crippen LogP contribution in [0.15, 0.2) is 0 Å². The van der Waals surface area contributed by atoms with E-state index in [-0.39, 0.29) is 19.3 Å². The second-order valence-electron chi connectivity index (χ2n) is 7.76. The summed E-state index contributed by atoms with van der Waals surface area (Å²) in [6, 6.07) is 0. The largest absolute Gasteiger partial charge is 0.481 e. The Morgan fingerprint density at radius 2 is 1.72 bits per heavy atom. The predicted octanol–water partition coefficient (Wildman–Crippen LogP) is 5.79. The first-order valence-electron chi connectivity index (χ1n) is 10.1. The molecule has 2 N–H and O–H groups in total. The van der Waals surface area contributed by atoms with Crippen LogP contribution < -0.4 is 0 Å². The monoisotopic (exact) mass is 362 g/mol. The SMILES string of the molecule is CCCCC(F)(F)[C@@H](O)CC[C@H]1CCC[C@@H]1CCCCCCC(=O)O. The van der Waals surface area contributed by atoms with E-state index in [1.807, 2.05) is 6.92 Å². The number of hydrogen-bond acceptors (Lipinski definition) is 2. The summed E-state index contributed by atoms with van der Waals surface area (Å²) in [6.07, 6.45) is 8.98. The molecule has 1 saturated carbocycles. The first kappa shape index (κ1) is 22.3. The zero-order valence-electron chi connectivity index (χ0n) is 15.7. The zero-order chi connectivity index (χ0) is 18.7. The predicted molar refractivity (Wildman–Crippen MR) is 95.9 cm³/mol. The number of alkyl halides is 2. The lowest BCUT2D eigenvalue weighted by Gasteiger charge is -2.25. The first-order valence-corrected chi connectivity index (χ1v) is 10.1. The highest BCUT2D eigenvalue weighted by Gasteiger charge is 2.38. The lowest BCUT2D eigenvalue weighted by Crippen LogP contribution is -2.33. The molecule has 5 heteroatoms. The fourth-order valence-electron chi connectivity index (χ4n) is 4.07. The van der Waals surface area contributed by atoms with Crippen molar-refractivity contribution in [1.29, 1.82) is 0 Å². The molecule has 3 atom stereocenters. The minimum absolute atomic E-state index is 0.205. The molecule has 1 fully saturated rings. The molecule has 0 aromatic heterocycles. The standard InChI is InChI=1S/C20H36F2O3/c1-2-3-15-20(21,22)18(23)14-13-17-11-8-10-16(17)9-6-4-5-7-12-19(24)25/h16-18,23H,2-15H2,1H3,(H,24,25)/t16-,17+,18-/m0/s1. The van der Waals surface area contributed by atoms with E-state index in [1.54, 1.807) is 0 Å². The van der Waals surface area contributed by atoms with Crippen molar-refractivity contribution in [3.05, 3.63) is 0 Å². The number of rotatable bonds is 14. The van der Waals surface area contributed by atoms with Gasteiger partial charge in [0.25, 0.3) is 5.92 Å². The van der Waals surface area contributed by atoms with Crippen molar-refractivity contribution in [2.45, 2.75) is 109 Å². The zero-order valence-corrected chi connectivity index (χ0v) is 15.7. The molecule has 0 aromatic rings. The van der Waals surface area contributed by atoms with Crippen molar-refractivity contribution < 1.29 is 23.8 Å². The Morgan fingerprint density at radius 3 is 2.36 bits per heavy atom. The number of halogens is 2. The molecule has 148 valence electrons. The molecule has 0 heterocycles. The summed E-state index contributed by atoms with van der Waals surface area (Å²) in [4.78, 5) is 10.5. The molecule has 0 spiro atoms. The van der Waals surface area contributed by atoms with Crippen LogP contribution in [0.3, 0.4) is 0 Å². The van der Waals surface area contributed by atoms with Crippen LogP contribution in [0.2, 0.25) is 0 Å². The Bertz CT molecular complexity index is 374. The van der Waals surface area contributed by atoms with Crippen LogP contribution in [0.25, 0.3) is 0 Å². The van der Waals surface area contributed by atoms with Crippen LogP contribution >= 0.6 is 0 Å². The fraction of sp³-hybridized carbons (Fsp3) is 0.950. The number of carboxylic acid groups (broad SMARTS) is 1. The van der Waals surface area contributed by atoms with Gasteiger partial charge in [-0.15, -0.1) is 0 Å². The Balaban J connectivity index is 2.22. The summed E-state index contributed by atoms with van der Waals surface area (Å²) < 4.78 is 27.7. The Labute approximate surface area is 151 Å². The lowest BCUT2D eigenvalue weighted by molar-refractivity contribution is -0.137. The number of carboxylic acids is 1. The van der Waals surface area contributed by atoms with Crippen molar-refractivity contribution in [2.24, 2.45) is 11.8 Å². The molecule has 0 saturated heterocycles. The van der Waals surface area contributed by atoms with E-state index < -0.39 is 18.0 Å². The molecule has 1 rings (SSSR count). The molecule has 0 aliphatic heterocycles. The van der Waals surface area contributed by atoms with Crippen LogP contribution in [-0.4, -0.2) is 28.2 Å². The molecular weight excluding hydrogens is 326 g/mol. The normalized spacial score (nSPS) is 22.2. The summed E-state index contributed by atoms with van der Waals surface area (Å²) in [5, 5.41) is 18.5. The number of carbonyl (C=O) groups is 1. The minimum Gasteiger partial charge on any atom is -0.481 e. The topological polar surface area (TPSA) is 57.5 Å². The van der Waals surface area contributed by atoms with Gasteiger partial charge in [0, 0.05) is 12.8 Å². The van der Waals surface area contributed by atoms with Crippen LogP contribution in [0.4, 0.5) is 8.78 Å². The summed E-state index contributed by atoms with van der Waals surface area (Å²) in [7, 11) is 0. The van der Waals surface area contributed by atoms with Gasteiger partial charge in [-0.3, -0.25) is 4.79 Å². The third-order valence-electron chi connectivity index (χ3n) is 5.69. The van der Waals surface area contributed by atoms with Crippen LogP contribution in [0, 0.1) is 11.8 Å². The molecule has 0 unspecified atom stereocenters. The van der Waals surface area contributed by atoms with Gasteiger partial charge in [-0.2, -0.15) is 0 Å². The molecule has 0 aromatic carbocycles. The third-order valence-corrected chi connectivity index (χ3v) is 5.69. The van der Waals surface area contributed by atoms with E-state index in [2.05, 4.69) is 0 Å². The highest BCUT2D eigenvalue weighted by molar-refractivity contribution is 5.66. The lowest BCUT2D eigenvalue weighted by atomic mass is 9.86. The molecule has 1 aliphatic carbocycles. The van der Waals surface area contributed by atoms with Crippen molar-refractivity contribution in [2.75, 3.05) is 0 Å². The van der Waals surface area contributed by atoms with Gasteiger partial charge >= 0.3 is 5.97 Å². The molecule has 1 aliphatic rings. The van der Waals surface area contributed by atoms with E-state index in [0.29, 0.717) is 24.7 Å². The van der Waals surface area contributed by atoms with Gasteiger partial charge in [0.05, 0.1) is 0 Å². The van der Waals surface area contributed by atoms with Gasteiger partial charge in [0.2, 0.25) is 0 Å². The highest BCUT2D eigenvalue weighted by Crippen LogP contribution is 2.39. The van der Waals surface area contributed by atoms with Gasteiger partial charge in [-0.05, 0) is 37.5 Å². The van der Waals surface area contributed by atoms with Gasteiger partial charge < -0.3 is 10.2 Å². The van der Waals surface area contributed by atoms with E-state index in [9.17, 15) is 18.7 Å². The Kier molecular flexibility index (Phi) is 10.6. The summed E-state index contributed by atoms with van der Waals surface area (Å²) >= 11 is 0. The fourth-order valence-corrected chi connectivity index (χ4v) is 4.07. The van der Waals surface area contributed by atoms with Crippen LogP contribution in [-0.2, 0) is 4.79 Å². The minimum atomic E-state index is -2.95. The van der Waals surface area contributed by atoms with Crippen LogP contribution in [0.1, 0.15) is 96.8 Å². The molecular formula is C20H36F2O3. The van der Waals surface area contributed by atoms with E-state index in [0.717, 1.165) is 51.4 Å². The maximum absolute atomic E-state index is 13.9. The second kappa shape index (κ2) is 11.8. The van der Waals surface area contributed by atoms with E-state index in [1.165, 1.54) is 6.42 Å². The van der Waals surface area contributed by atoms with Crippen LogP contribution in [0.5, 0.6) is 0 Å². The molecule has 25 heavy (non-hydrogen) atoms. The third kappa shape index (κ3) is 8.98. The Hall–Kier alpha value is -0.710. The quantitative estimate of drug-likeness (QED) is 0.384. The van der Waals surface area contributed by atoms with Crippen molar-refractivity contribution in [3.63, 3.8) is 0 Å². The summed E-state index contributed by atoms with van der Waals surface area (Å²) in [5.74, 6) is -2.62. The number of hydrogen-bond donors (Lipinski definition) is 2. The van der Waals surface area contributed by atoms with Gasteiger partial charge in [-0.25, -0.2) is 8.78 Å². The van der Waals surface area contributed by atoms with Crippen molar-refractivity contribution >= 4 is 5.97 Å². The number of unbranched alkanes of at least 4 members (excludes halogenated alkanes) is 4. The molecule has 0 radical (unpaired) electrons. The number of aliphatic hydroxyl groups is 1. The van der Waals surface area contributed by atoms with Crippen molar-refractivity contribution in [3.8, 4) is 0 Å². The number of aliphatic carboxylic acids is 1. The Morgan fingerprint density at radius 1 is 1.08 bits per heavy atom. The average molecular weight is 363 g/mol. The summed E-state index contributed by atoms with van der Waals surface area (Å²) in [6.45, 7) is 1.88. The number of aliphatic hydroxyl groups excluding tert-OH is 1. The average Bonchev–Trinajstić information content (AvgIpc) is 3.01. The van der Waals surface area contributed by atoms with Gasteiger partial charge in [0.15, 0.2) is 0 Å².